The predicted molar refractivity (Wildman–Crippen MR) is 101 cm³/mol. The van der Waals surface area contributed by atoms with Gasteiger partial charge in [-0.1, -0.05) is 6.42 Å². The number of carbonyl (C=O) groups is 2. The number of nitrogens with two attached hydrogens (primary N) is 1. The van der Waals surface area contributed by atoms with Crippen LogP contribution in [-0.2, 0) is 0 Å². The minimum Gasteiger partial charge on any atom is -0.463 e. The third-order valence-corrected chi connectivity index (χ3v) is 5.98. The van der Waals surface area contributed by atoms with E-state index in [1.54, 1.807) is 28.9 Å². The first kappa shape index (κ1) is 17.0. The van der Waals surface area contributed by atoms with E-state index in [-0.39, 0.29) is 29.0 Å². The Labute approximate surface area is 161 Å². The fourth-order valence-electron chi connectivity index (χ4n) is 4.72. The van der Waals surface area contributed by atoms with Crippen molar-refractivity contribution in [2.24, 2.45) is 11.7 Å². The summed E-state index contributed by atoms with van der Waals surface area (Å²) in [7, 11) is 0. The monoisotopic (exact) mass is 379 g/mol. The minimum absolute atomic E-state index is 0.0415. The predicted octanol–water partition coefficient (Wildman–Crippen LogP) is 2.49. The standard InChI is InChI=1S/C20H21N5O3/c21-18(26)17-19-23-13(10-15(25(19)11-22-17)16-7-3-9-28-16)20(27)24-8-2-5-12-4-1-6-14(12)24/h3,7,9-12,14H,1-2,4-6,8H2,(H2,21,26). The molecule has 3 aromatic rings. The van der Waals surface area contributed by atoms with Gasteiger partial charge < -0.3 is 15.1 Å². The van der Waals surface area contributed by atoms with Gasteiger partial charge in [-0.3, -0.25) is 14.0 Å². The number of piperidine rings is 1. The number of rotatable bonds is 3. The summed E-state index contributed by atoms with van der Waals surface area (Å²) < 4.78 is 7.16. The highest BCUT2D eigenvalue weighted by Gasteiger charge is 2.38. The van der Waals surface area contributed by atoms with Gasteiger partial charge in [0, 0.05) is 12.6 Å². The van der Waals surface area contributed by atoms with Crippen molar-refractivity contribution in [3.05, 3.63) is 42.2 Å². The van der Waals surface area contributed by atoms with E-state index < -0.39 is 5.91 Å². The number of imidazole rings is 1. The van der Waals surface area contributed by atoms with E-state index in [1.807, 2.05) is 4.90 Å². The molecule has 8 heteroatoms. The smallest absolute Gasteiger partial charge is 0.272 e. The number of fused-ring (bicyclic) bond motifs is 2. The van der Waals surface area contributed by atoms with Gasteiger partial charge in [0.25, 0.3) is 11.8 Å². The average molecular weight is 379 g/mol. The van der Waals surface area contributed by atoms with Gasteiger partial charge in [0.1, 0.15) is 12.0 Å². The van der Waals surface area contributed by atoms with Gasteiger partial charge in [-0.05, 0) is 49.8 Å². The molecule has 1 aliphatic carbocycles. The first-order valence-electron chi connectivity index (χ1n) is 9.66. The average Bonchev–Trinajstić information content (AvgIpc) is 3.46. The van der Waals surface area contributed by atoms with Gasteiger partial charge in [0.05, 0.1) is 12.0 Å². The Morgan fingerprint density at radius 2 is 2.07 bits per heavy atom. The van der Waals surface area contributed by atoms with Crippen LogP contribution in [0.4, 0.5) is 0 Å². The fourth-order valence-corrected chi connectivity index (χ4v) is 4.72. The molecule has 1 saturated carbocycles. The normalized spacial score (nSPS) is 21.8. The van der Waals surface area contributed by atoms with Gasteiger partial charge in [-0.15, -0.1) is 0 Å². The number of carbonyl (C=O) groups excluding carboxylic acids is 2. The molecule has 2 unspecified atom stereocenters. The Hall–Kier alpha value is -3.16. The molecule has 2 atom stereocenters. The summed E-state index contributed by atoms with van der Waals surface area (Å²) >= 11 is 0. The zero-order valence-corrected chi connectivity index (χ0v) is 15.4. The van der Waals surface area contributed by atoms with Crippen molar-refractivity contribution in [2.45, 2.75) is 38.1 Å². The number of primary amides is 1. The van der Waals surface area contributed by atoms with E-state index in [0.29, 0.717) is 17.4 Å². The molecule has 1 aliphatic heterocycles. The molecule has 0 radical (unpaired) electrons. The molecule has 2 N–H and O–H groups in total. The third kappa shape index (κ3) is 2.59. The zero-order chi connectivity index (χ0) is 19.3. The summed E-state index contributed by atoms with van der Waals surface area (Å²) in [6.07, 6.45) is 8.63. The summed E-state index contributed by atoms with van der Waals surface area (Å²) in [5.41, 5.74) is 6.66. The second-order valence-electron chi connectivity index (χ2n) is 7.55. The highest BCUT2D eigenvalue weighted by atomic mass is 16.3. The summed E-state index contributed by atoms with van der Waals surface area (Å²) in [5, 5.41) is 0. The number of aromatic nitrogens is 3. The molecule has 2 amide bonds. The van der Waals surface area contributed by atoms with Gasteiger partial charge >= 0.3 is 0 Å². The molecule has 5 rings (SSSR count). The van der Waals surface area contributed by atoms with Crippen molar-refractivity contribution in [3.63, 3.8) is 0 Å². The van der Waals surface area contributed by atoms with Crippen molar-refractivity contribution in [1.82, 2.24) is 19.3 Å². The number of hydrogen-bond acceptors (Lipinski definition) is 5. The molecule has 0 bridgehead atoms. The third-order valence-electron chi connectivity index (χ3n) is 5.98. The molecule has 144 valence electrons. The van der Waals surface area contributed by atoms with Crippen LogP contribution in [0.25, 0.3) is 17.1 Å². The largest absolute Gasteiger partial charge is 0.463 e. The molecule has 28 heavy (non-hydrogen) atoms. The SMILES string of the molecule is NC(=O)c1ncn2c(-c3ccco3)cc(C(=O)N3CCCC4CCCC43)nc12. The molecular formula is C20H21N5O3. The van der Waals surface area contributed by atoms with E-state index in [9.17, 15) is 9.59 Å². The molecule has 8 nitrogen and oxygen atoms in total. The van der Waals surface area contributed by atoms with Gasteiger partial charge in [-0.25, -0.2) is 9.97 Å². The molecule has 4 heterocycles. The van der Waals surface area contributed by atoms with Crippen LogP contribution in [0.1, 0.15) is 53.1 Å². The van der Waals surface area contributed by atoms with E-state index in [2.05, 4.69) is 9.97 Å². The molecule has 0 spiro atoms. The van der Waals surface area contributed by atoms with Crippen molar-refractivity contribution in [2.75, 3.05) is 6.54 Å². The molecule has 2 aliphatic rings. The lowest BCUT2D eigenvalue weighted by molar-refractivity contribution is 0.0542. The van der Waals surface area contributed by atoms with E-state index >= 15 is 0 Å². The Morgan fingerprint density at radius 3 is 2.86 bits per heavy atom. The van der Waals surface area contributed by atoms with Crippen LogP contribution in [0, 0.1) is 5.92 Å². The van der Waals surface area contributed by atoms with Crippen LogP contribution in [0.3, 0.4) is 0 Å². The fraction of sp³-hybridized carbons (Fsp3) is 0.400. The van der Waals surface area contributed by atoms with Crippen LogP contribution in [-0.4, -0.2) is 43.7 Å². The summed E-state index contributed by atoms with van der Waals surface area (Å²) in [6, 6.07) is 5.55. The zero-order valence-electron chi connectivity index (χ0n) is 15.4. The van der Waals surface area contributed by atoms with Gasteiger partial charge in [-0.2, -0.15) is 0 Å². The Morgan fingerprint density at radius 1 is 1.21 bits per heavy atom. The molecule has 2 fully saturated rings. The van der Waals surface area contributed by atoms with Crippen molar-refractivity contribution >= 4 is 17.5 Å². The van der Waals surface area contributed by atoms with E-state index in [1.165, 1.54) is 19.2 Å². The summed E-state index contributed by atoms with van der Waals surface area (Å²) in [5.74, 6) is 0.358. The van der Waals surface area contributed by atoms with E-state index in [4.69, 9.17) is 10.2 Å². The lowest BCUT2D eigenvalue weighted by atomic mass is 9.91. The maximum atomic E-state index is 13.4. The number of hydrogen-bond donors (Lipinski definition) is 1. The van der Waals surface area contributed by atoms with Crippen LogP contribution in [0.15, 0.2) is 35.2 Å². The van der Waals surface area contributed by atoms with Crippen molar-refractivity contribution < 1.29 is 14.0 Å². The molecule has 0 aromatic carbocycles. The van der Waals surface area contributed by atoms with Crippen molar-refractivity contribution in [3.8, 4) is 11.5 Å². The molecular weight excluding hydrogens is 358 g/mol. The number of likely N-dealkylation sites (tertiary alicyclic amines) is 1. The first-order chi connectivity index (χ1) is 13.6. The highest BCUT2D eigenvalue weighted by Crippen LogP contribution is 2.37. The maximum Gasteiger partial charge on any atom is 0.272 e. The second kappa shape index (κ2) is 6.47. The molecule has 3 aromatic heterocycles. The van der Waals surface area contributed by atoms with Crippen LogP contribution >= 0.6 is 0 Å². The van der Waals surface area contributed by atoms with Crippen LogP contribution in [0.5, 0.6) is 0 Å². The first-order valence-corrected chi connectivity index (χ1v) is 9.66. The number of amides is 2. The summed E-state index contributed by atoms with van der Waals surface area (Å²) in [4.78, 5) is 35.7. The van der Waals surface area contributed by atoms with Crippen LogP contribution in [0.2, 0.25) is 0 Å². The van der Waals surface area contributed by atoms with E-state index in [0.717, 1.165) is 25.8 Å². The Kier molecular flexibility index (Phi) is 3.92. The second-order valence-corrected chi connectivity index (χ2v) is 7.55. The molecule has 1 saturated heterocycles. The van der Waals surface area contributed by atoms with Crippen LogP contribution < -0.4 is 5.73 Å². The topological polar surface area (TPSA) is 107 Å². The maximum absolute atomic E-state index is 13.4. The van der Waals surface area contributed by atoms with Gasteiger partial charge in [0.15, 0.2) is 17.1 Å². The Balaban J connectivity index is 1.63. The lowest BCUT2D eigenvalue weighted by Crippen LogP contribution is -2.46. The van der Waals surface area contributed by atoms with Gasteiger partial charge in [0.2, 0.25) is 0 Å². The highest BCUT2D eigenvalue weighted by molar-refractivity contribution is 5.99. The number of furan rings is 1. The number of nitrogens with zero attached hydrogens (tertiary/aromatic N) is 4. The lowest BCUT2D eigenvalue weighted by Gasteiger charge is -2.37. The quantitative estimate of drug-likeness (QED) is 0.752. The van der Waals surface area contributed by atoms with Crippen molar-refractivity contribution in [1.29, 1.82) is 0 Å². The minimum atomic E-state index is -0.682. The Bertz CT molecular complexity index is 1060. The summed E-state index contributed by atoms with van der Waals surface area (Å²) in [6.45, 7) is 0.741.